The monoisotopic (exact) mass is 489 g/mol. The average molecular weight is 490 g/mol. The maximum atomic E-state index is 13.8. The van der Waals surface area contributed by atoms with Gasteiger partial charge in [-0.15, -0.1) is 0 Å². The minimum Gasteiger partial charge on any atom is -0.493 e. The number of piperidine rings is 1. The molecule has 0 unspecified atom stereocenters. The number of nitrogens with zero attached hydrogens (tertiary/aromatic N) is 3. The van der Waals surface area contributed by atoms with Crippen molar-refractivity contribution in [3.8, 4) is 11.5 Å². The van der Waals surface area contributed by atoms with E-state index in [9.17, 15) is 4.79 Å². The molecule has 5 rings (SSSR count). The lowest BCUT2D eigenvalue weighted by Crippen LogP contribution is -2.43. The van der Waals surface area contributed by atoms with Crippen LogP contribution in [0.15, 0.2) is 60.9 Å². The fourth-order valence-corrected chi connectivity index (χ4v) is 5.17. The first kappa shape index (κ1) is 23.4. The molecule has 2 aliphatic heterocycles. The first-order valence-electron chi connectivity index (χ1n) is 11.8. The number of pyridine rings is 1. The number of methoxy groups -OCH3 is 2. The van der Waals surface area contributed by atoms with Crippen LogP contribution >= 0.6 is 11.6 Å². The normalized spacial score (nSPS) is 19.2. The Bertz CT molecular complexity index is 1260. The van der Waals surface area contributed by atoms with Crippen LogP contribution in [0.5, 0.6) is 11.5 Å². The fourth-order valence-electron chi connectivity index (χ4n) is 5.01. The Hall–Kier alpha value is -3.35. The van der Waals surface area contributed by atoms with Gasteiger partial charge in [-0.25, -0.2) is 0 Å². The number of ether oxygens (including phenoxy) is 2. The quantitative estimate of drug-likeness (QED) is 0.408. The summed E-state index contributed by atoms with van der Waals surface area (Å²) in [6.45, 7) is 1.42. The summed E-state index contributed by atoms with van der Waals surface area (Å²) in [5.41, 5.74) is 4.40. The lowest BCUT2D eigenvalue weighted by Gasteiger charge is -2.38. The van der Waals surface area contributed by atoms with Crippen LogP contribution in [0.1, 0.15) is 42.0 Å². The van der Waals surface area contributed by atoms with E-state index in [1.54, 1.807) is 20.4 Å². The van der Waals surface area contributed by atoms with Crippen molar-refractivity contribution in [3.05, 3.63) is 82.6 Å². The second-order valence-electron chi connectivity index (χ2n) is 8.82. The van der Waals surface area contributed by atoms with Gasteiger partial charge in [0.05, 0.1) is 26.6 Å². The number of halogens is 1. The van der Waals surface area contributed by atoms with Gasteiger partial charge in [-0.05, 0) is 60.4 Å². The molecule has 0 N–H and O–H groups in total. The molecular weight excluding hydrogens is 462 g/mol. The summed E-state index contributed by atoms with van der Waals surface area (Å²) in [6, 6.07) is 15.6. The van der Waals surface area contributed by atoms with E-state index in [0.717, 1.165) is 42.6 Å². The maximum absolute atomic E-state index is 13.8. The number of fused-ring (bicyclic) bond motifs is 1. The average Bonchev–Trinajstić information content (AvgIpc) is 3.14. The number of likely N-dealkylation sites (tertiary alicyclic amines) is 1. The van der Waals surface area contributed by atoms with Crippen molar-refractivity contribution in [2.24, 2.45) is 0 Å². The Morgan fingerprint density at radius 2 is 1.94 bits per heavy atom. The summed E-state index contributed by atoms with van der Waals surface area (Å²) >= 11 is 6.37. The number of anilines is 1. The van der Waals surface area contributed by atoms with Gasteiger partial charge in [-0.2, -0.15) is 0 Å². The Morgan fingerprint density at radius 1 is 1.09 bits per heavy atom. The van der Waals surface area contributed by atoms with E-state index in [4.69, 9.17) is 21.1 Å². The molecule has 1 saturated heterocycles. The third kappa shape index (κ3) is 4.64. The Kier molecular flexibility index (Phi) is 6.75. The number of amides is 1. The molecule has 180 valence electrons. The summed E-state index contributed by atoms with van der Waals surface area (Å²) in [6.07, 6.45) is 8.95. The van der Waals surface area contributed by atoms with Crippen molar-refractivity contribution in [1.82, 2.24) is 9.88 Å². The summed E-state index contributed by atoms with van der Waals surface area (Å²) in [5.74, 6) is 1.23. The minimum atomic E-state index is -0.0347. The third-order valence-corrected chi connectivity index (χ3v) is 6.98. The molecule has 1 atom stereocenters. The molecular formula is C28H28ClN3O3. The van der Waals surface area contributed by atoms with Gasteiger partial charge < -0.3 is 9.47 Å². The van der Waals surface area contributed by atoms with Gasteiger partial charge in [0, 0.05) is 41.1 Å². The molecule has 2 aromatic carbocycles. The number of aromatic nitrogens is 1. The van der Waals surface area contributed by atoms with Crippen LogP contribution in [0.3, 0.4) is 0 Å². The minimum absolute atomic E-state index is 0.0347. The van der Waals surface area contributed by atoms with Crippen molar-refractivity contribution in [2.75, 3.05) is 32.3 Å². The van der Waals surface area contributed by atoms with Crippen LogP contribution < -0.4 is 14.4 Å². The van der Waals surface area contributed by atoms with Gasteiger partial charge in [0.15, 0.2) is 11.5 Å². The smallest absolute Gasteiger partial charge is 0.260 e. The predicted molar refractivity (Wildman–Crippen MR) is 139 cm³/mol. The molecule has 0 spiro atoms. The molecule has 0 aliphatic carbocycles. The number of rotatable bonds is 6. The van der Waals surface area contributed by atoms with Crippen LogP contribution in [0.2, 0.25) is 5.02 Å². The molecule has 1 fully saturated rings. The van der Waals surface area contributed by atoms with E-state index >= 15 is 0 Å². The first-order chi connectivity index (χ1) is 17.1. The highest BCUT2D eigenvalue weighted by atomic mass is 35.5. The van der Waals surface area contributed by atoms with Crippen LogP contribution in [-0.4, -0.2) is 43.2 Å². The van der Waals surface area contributed by atoms with E-state index in [0.29, 0.717) is 28.8 Å². The van der Waals surface area contributed by atoms with Crippen molar-refractivity contribution in [1.29, 1.82) is 0 Å². The summed E-state index contributed by atoms with van der Waals surface area (Å²) in [7, 11) is 3.21. The molecule has 35 heavy (non-hydrogen) atoms. The van der Waals surface area contributed by atoms with Crippen molar-refractivity contribution < 1.29 is 14.3 Å². The SMILES string of the molecule is COc1ccc(/C=C2\C(=O)N(CN3CCCC[C@H]3c3cccnc3)c3cc(Cl)ccc32)cc1OC. The fraction of sp³-hybridized carbons (Fsp3) is 0.286. The largest absolute Gasteiger partial charge is 0.493 e. The second kappa shape index (κ2) is 10.1. The molecule has 0 radical (unpaired) electrons. The van der Waals surface area contributed by atoms with E-state index in [2.05, 4.69) is 16.0 Å². The molecule has 6 nitrogen and oxygen atoms in total. The molecule has 1 amide bonds. The van der Waals surface area contributed by atoms with E-state index in [1.807, 2.05) is 59.6 Å². The predicted octanol–water partition coefficient (Wildman–Crippen LogP) is 5.82. The lowest BCUT2D eigenvalue weighted by molar-refractivity contribution is -0.113. The number of hydrogen-bond acceptors (Lipinski definition) is 5. The highest BCUT2D eigenvalue weighted by Gasteiger charge is 2.35. The Labute approximate surface area is 210 Å². The van der Waals surface area contributed by atoms with Crippen LogP contribution in [0.25, 0.3) is 11.6 Å². The lowest BCUT2D eigenvalue weighted by atomic mass is 9.97. The van der Waals surface area contributed by atoms with Gasteiger partial charge in [0.1, 0.15) is 0 Å². The first-order valence-corrected chi connectivity index (χ1v) is 12.2. The van der Waals surface area contributed by atoms with Crippen molar-refractivity contribution >= 4 is 34.8 Å². The van der Waals surface area contributed by atoms with Gasteiger partial charge >= 0.3 is 0 Å². The Balaban J connectivity index is 1.50. The highest BCUT2D eigenvalue weighted by molar-refractivity contribution is 6.37. The van der Waals surface area contributed by atoms with Crippen LogP contribution in [-0.2, 0) is 4.79 Å². The zero-order valence-electron chi connectivity index (χ0n) is 19.9. The number of carbonyl (C=O) groups is 1. The molecule has 0 bridgehead atoms. The van der Waals surface area contributed by atoms with Crippen LogP contribution in [0.4, 0.5) is 5.69 Å². The number of benzene rings is 2. The van der Waals surface area contributed by atoms with Crippen molar-refractivity contribution in [2.45, 2.75) is 25.3 Å². The van der Waals surface area contributed by atoms with Gasteiger partial charge in [-0.3, -0.25) is 19.6 Å². The summed E-state index contributed by atoms with van der Waals surface area (Å²) < 4.78 is 10.8. The molecule has 3 aromatic rings. The molecule has 1 aromatic heterocycles. The van der Waals surface area contributed by atoms with E-state index in [-0.39, 0.29) is 11.9 Å². The zero-order valence-corrected chi connectivity index (χ0v) is 20.7. The van der Waals surface area contributed by atoms with E-state index in [1.165, 1.54) is 5.56 Å². The van der Waals surface area contributed by atoms with E-state index < -0.39 is 0 Å². The van der Waals surface area contributed by atoms with Crippen molar-refractivity contribution in [3.63, 3.8) is 0 Å². The van der Waals surface area contributed by atoms with Crippen LogP contribution in [0, 0.1) is 0 Å². The summed E-state index contributed by atoms with van der Waals surface area (Å²) in [4.78, 5) is 22.3. The van der Waals surface area contributed by atoms with Gasteiger partial charge in [-0.1, -0.05) is 36.2 Å². The second-order valence-corrected chi connectivity index (χ2v) is 9.26. The summed E-state index contributed by atoms with van der Waals surface area (Å²) in [5, 5.41) is 0.608. The topological polar surface area (TPSA) is 54.9 Å². The highest BCUT2D eigenvalue weighted by Crippen LogP contribution is 2.41. The van der Waals surface area contributed by atoms with Gasteiger partial charge in [0.25, 0.3) is 5.91 Å². The zero-order chi connectivity index (χ0) is 24.4. The molecule has 3 heterocycles. The third-order valence-electron chi connectivity index (χ3n) is 6.74. The molecule has 2 aliphatic rings. The standard InChI is InChI=1S/C28H28ClN3O3/c1-34-26-11-8-19(15-27(26)35-2)14-23-22-10-9-21(29)16-25(22)32(28(23)33)18-31-13-4-3-7-24(31)20-6-5-12-30-17-20/h5-6,8-12,14-17,24H,3-4,7,13,18H2,1-2H3/b23-14-/t24-/m0/s1. The number of carbonyl (C=O) groups excluding carboxylic acids is 1. The number of hydrogen-bond donors (Lipinski definition) is 0. The maximum Gasteiger partial charge on any atom is 0.260 e. The molecule has 0 saturated carbocycles. The van der Waals surface area contributed by atoms with Gasteiger partial charge in [0.2, 0.25) is 0 Å². The molecule has 7 heteroatoms. The Morgan fingerprint density at radius 3 is 2.71 bits per heavy atom.